The normalized spacial score (nSPS) is 10.9. The Labute approximate surface area is 127 Å². The first-order valence-electron chi connectivity index (χ1n) is 4.38. The van der Waals surface area contributed by atoms with Crippen molar-refractivity contribution >= 4 is 47.8 Å². The Bertz CT molecular complexity index is 253. The van der Waals surface area contributed by atoms with Crippen LogP contribution in [-0.2, 0) is 6.54 Å². The van der Waals surface area contributed by atoms with Crippen LogP contribution in [0.5, 0.6) is 0 Å². The molecule has 0 bridgehead atoms. The van der Waals surface area contributed by atoms with E-state index in [1.54, 1.807) is 0 Å². The van der Waals surface area contributed by atoms with E-state index >= 15 is 0 Å². The van der Waals surface area contributed by atoms with Gasteiger partial charge in [-0.2, -0.15) is 0 Å². The standard InChI is InChI=1S/C10H13Br3N.BrH/c11-6-10(7-12,8-13)9-14-4-2-1-3-5-14;/h1-5H,6-9H2;1H/q+1;/p-1. The molecule has 1 rings (SSSR count). The lowest BCUT2D eigenvalue weighted by atomic mass is 9.96. The summed E-state index contributed by atoms with van der Waals surface area (Å²) in [6, 6.07) is 6.15. The van der Waals surface area contributed by atoms with Crippen LogP contribution in [0.2, 0.25) is 0 Å². The minimum Gasteiger partial charge on any atom is -1.00 e. The molecule has 1 heterocycles. The topological polar surface area (TPSA) is 3.88 Å². The van der Waals surface area contributed by atoms with Crippen LogP contribution < -0.4 is 21.5 Å². The molecule has 1 aromatic heterocycles. The Balaban J connectivity index is 0.00000196. The Kier molecular flexibility index (Phi) is 8.79. The van der Waals surface area contributed by atoms with Crippen LogP contribution in [0.3, 0.4) is 0 Å². The fourth-order valence-corrected chi connectivity index (χ4v) is 4.48. The quantitative estimate of drug-likeness (QED) is 0.430. The molecule has 0 saturated carbocycles. The molecule has 15 heavy (non-hydrogen) atoms. The molecule has 5 heteroatoms. The molecule has 0 spiro atoms. The molecule has 0 amide bonds. The maximum Gasteiger partial charge on any atom is 0.168 e. The SMILES string of the molecule is BrCC(CBr)(CBr)C[n+]1ccccc1.[Br-]. The summed E-state index contributed by atoms with van der Waals surface area (Å²) in [5, 5.41) is 2.95. The maximum atomic E-state index is 3.58. The monoisotopic (exact) mass is 463 g/mol. The zero-order valence-electron chi connectivity index (χ0n) is 8.17. The summed E-state index contributed by atoms with van der Waals surface area (Å²) in [5.41, 5.74) is 0.242. The van der Waals surface area contributed by atoms with Crippen molar-refractivity contribution in [3.63, 3.8) is 0 Å². The average Bonchev–Trinajstić information content (AvgIpc) is 2.28. The van der Waals surface area contributed by atoms with Gasteiger partial charge in [0, 0.05) is 28.1 Å². The zero-order chi connectivity index (χ0) is 10.4. The number of nitrogens with zero attached hydrogens (tertiary/aromatic N) is 1. The lowest BCUT2D eigenvalue weighted by Crippen LogP contribution is -3.00. The van der Waals surface area contributed by atoms with Gasteiger partial charge in [-0.3, -0.25) is 0 Å². The van der Waals surface area contributed by atoms with E-state index < -0.39 is 0 Å². The molecular formula is C10H13Br4N. The molecule has 0 fully saturated rings. The number of rotatable bonds is 5. The maximum absolute atomic E-state index is 3.58. The first kappa shape index (κ1) is 16.1. The predicted molar refractivity (Wildman–Crippen MR) is 70.5 cm³/mol. The van der Waals surface area contributed by atoms with Gasteiger partial charge in [0.05, 0.1) is 5.41 Å². The second-order valence-electron chi connectivity index (χ2n) is 3.45. The van der Waals surface area contributed by atoms with E-state index in [-0.39, 0.29) is 22.4 Å². The minimum atomic E-state index is 0. The highest BCUT2D eigenvalue weighted by atomic mass is 79.9. The van der Waals surface area contributed by atoms with Gasteiger partial charge in [0.1, 0.15) is 0 Å². The van der Waals surface area contributed by atoms with Crippen LogP contribution >= 0.6 is 47.8 Å². The van der Waals surface area contributed by atoms with Gasteiger partial charge in [-0.15, -0.1) is 0 Å². The molecular weight excluding hydrogens is 454 g/mol. The lowest BCUT2D eigenvalue weighted by Gasteiger charge is -2.23. The second-order valence-corrected chi connectivity index (χ2v) is 5.13. The van der Waals surface area contributed by atoms with E-state index in [1.165, 1.54) is 0 Å². The lowest BCUT2D eigenvalue weighted by molar-refractivity contribution is -0.707. The minimum absolute atomic E-state index is 0. The number of halogens is 4. The van der Waals surface area contributed by atoms with Gasteiger partial charge in [0.2, 0.25) is 0 Å². The summed E-state index contributed by atoms with van der Waals surface area (Å²) in [6.07, 6.45) is 4.20. The summed E-state index contributed by atoms with van der Waals surface area (Å²) in [7, 11) is 0. The number of hydrogen-bond donors (Lipinski definition) is 0. The third kappa shape index (κ3) is 4.84. The fourth-order valence-electron chi connectivity index (χ4n) is 1.16. The van der Waals surface area contributed by atoms with Crippen molar-refractivity contribution in [2.45, 2.75) is 6.54 Å². The highest BCUT2D eigenvalue weighted by molar-refractivity contribution is 9.10. The summed E-state index contributed by atoms with van der Waals surface area (Å²) >= 11 is 10.7. The molecule has 0 aliphatic carbocycles. The number of pyridine rings is 1. The van der Waals surface area contributed by atoms with Crippen molar-refractivity contribution in [1.29, 1.82) is 0 Å². The molecule has 1 aromatic rings. The Hall–Kier alpha value is 1.07. The van der Waals surface area contributed by atoms with Crippen LogP contribution in [0.1, 0.15) is 0 Å². The fraction of sp³-hybridized carbons (Fsp3) is 0.500. The van der Waals surface area contributed by atoms with Crippen molar-refractivity contribution in [2.24, 2.45) is 5.41 Å². The molecule has 0 aliphatic rings. The van der Waals surface area contributed by atoms with Crippen LogP contribution in [0, 0.1) is 5.41 Å². The highest BCUT2D eigenvalue weighted by Gasteiger charge is 2.31. The Morgan fingerprint density at radius 3 is 1.73 bits per heavy atom. The third-order valence-corrected chi connectivity index (χ3v) is 5.71. The van der Waals surface area contributed by atoms with Crippen LogP contribution in [0.4, 0.5) is 0 Å². The molecule has 0 atom stereocenters. The van der Waals surface area contributed by atoms with Gasteiger partial charge in [-0.25, -0.2) is 4.57 Å². The van der Waals surface area contributed by atoms with E-state index in [2.05, 4.69) is 76.9 Å². The molecule has 0 N–H and O–H groups in total. The van der Waals surface area contributed by atoms with E-state index in [0.29, 0.717) is 0 Å². The van der Waals surface area contributed by atoms with E-state index in [4.69, 9.17) is 0 Å². The zero-order valence-corrected chi connectivity index (χ0v) is 14.5. The van der Waals surface area contributed by atoms with Crippen molar-refractivity contribution < 1.29 is 21.5 Å². The van der Waals surface area contributed by atoms with Crippen LogP contribution in [0.25, 0.3) is 0 Å². The molecule has 0 saturated heterocycles. The first-order valence-corrected chi connectivity index (χ1v) is 7.75. The van der Waals surface area contributed by atoms with Gasteiger partial charge in [-0.05, 0) is 0 Å². The molecule has 0 radical (unpaired) electrons. The van der Waals surface area contributed by atoms with Crippen molar-refractivity contribution in [3.8, 4) is 0 Å². The summed E-state index contributed by atoms with van der Waals surface area (Å²) in [6.45, 7) is 1.01. The summed E-state index contributed by atoms with van der Waals surface area (Å²) in [5.74, 6) is 0. The summed E-state index contributed by atoms with van der Waals surface area (Å²) in [4.78, 5) is 0. The third-order valence-electron chi connectivity index (χ3n) is 2.15. The van der Waals surface area contributed by atoms with E-state index in [1.807, 2.05) is 6.07 Å². The molecule has 86 valence electrons. The number of alkyl halides is 3. The van der Waals surface area contributed by atoms with Crippen LogP contribution in [0.15, 0.2) is 30.6 Å². The first-order chi connectivity index (χ1) is 6.76. The number of aromatic nitrogens is 1. The number of hydrogen-bond acceptors (Lipinski definition) is 0. The Morgan fingerprint density at radius 2 is 1.33 bits per heavy atom. The van der Waals surface area contributed by atoms with Crippen molar-refractivity contribution in [3.05, 3.63) is 30.6 Å². The van der Waals surface area contributed by atoms with Crippen molar-refractivity contribution in [1.82, 2.24) is 0 Å². The second kappa shape index (κ2) is 8.20. The highest BCUT2D eigenvalue weighted by Crippen LogP contribution is 2.25. The Morgan fingerprint density at radius 1 is 0.867 bits per heavy atom. The van der Waals surface area contributed by atoms with Gasteiger partial charge in [-0.1, -0.05) is 53.9 Å². The molecule has 1 nitrogen and oxygen atoms in total. The van der Waals surface area contributed by atoms with Crippen molar-refractivity contribution in [2.75, 3.05) is 16.0 Å². The van der Waals surface area contributed by atoms with Gasteiger partial charge in [0.25, 0.3) is 0 Å². The smallest absolute Gasteiger partial charge is 0.168 e. The van der Waals surface area contributed by atoms with E-state index in [9.17, 15) is 0 Å². The van der Waals surface area contributed by atoms with Gasteiger partial charge in [0.15, 0.2) is 18.9 Å². The van der Waals surface area contributed by atoms with Gasteiger partial charge >= 0.3 is 0 Å². The average molecular weight is 467 g/mol. The molecule has 0 aliphatic heterocycles. The molecule has 0 aromatic carbocycles. The van der Waals surface area contributed by atoms with E-state index in [0.717, 1.165) is 22.5 Å². The largest absolute Gasteiger partial charge is 1.00 e. The molecule has 0 unspecified atom stereocenters. The summed E-state index contributed by atoms with van der Waals surface area (Å²) < 4.78 is 2.21. The van der Waals surface area contributed by atoms with Gasteiger partial charge < -0.3 is 17.0 Å². The van der Waals surface area contributed by atoms with Crippen LogP contribution in [-0.4, -0.2) is 16.0 Å². The predicted octanol–water partition coefficient (Wildman–Crippen LogP) is 0.149.